The van der Waals surface area contributed by atoms with Crippen LogP contribution in [-0.2, 0) is 49.0 Å². The van der Waals surface area contributed by atoms with Crippen molar-refractivity contribution in [3.05, 3.63) is 150 Å². The lowest BCUT2D eigenvalue weighted by molar-refractivity contribution is -0.151. The van der Waals surface area contributed by atoms with Crippen LogP contribution in [0.25, 0.3) is 0 Å². The number of nitrogens with zero attached hydrogens (tertiary/aromatic N) is 6. The molecule has 4 amide bonds. The van der Waals surface area contributed by atoms with Gasteiger partial charge in [0.15, 0.2) is 13.9 Å². The third-order valence-corrected chi connectivity index (χ3v) is 20.5. The van der Waals surface area contributed by atoms with Crippen LogP contribution in [0.4, 0.5) is 28.4 Å². The molecule has 5 aromatic carbocycles. The van der Waals surface area contributed by atoms with Crippen LogP contribution in [0.5, 0.6) is 0 Å². The Balaban J connectivity index is 0.901. The van der Waals surface area contributed by atoms with E-state index < -0.39 is 48.6 Å². The molecule has 75 heavy (non-hydrogen) atoms. The molecule has 7 aliphatic rings. The second-order valence-corrected chi connectivity index (χ2v) is 26.5. The summed E-state index contributed by atoms with van der Waals surface area (Å²) in [5, 5.41) is 17.5. The summed E-state index contributed by atoms with van der Waals surface area (Å²) in [5.41, 5.74) is 4.05. The van der Waals surface area contributed by atoms with Gasteiger partial charge in [-0.15, -0.1) is 0 Å². The molecule has 0 radical (unpaired) electrons. The quantitative estimate of drug-likeness (QED) is 0.118. The standard InChI is InChI=1S/C59H68N8O7Si/c1-40-53(75(2,3)73)51(34-52(69)62-36-43-13-11-10-12-42(43)32-48(62)37-68)74-59(40)49-33-47(65-39-67(46-16-8-5-9-17-46)58(55(65)71)26-30-61-31-27-58)22-23-50(49)63(56(59)72)35-41-18-20-44(21-19-41)64-38-66(45-14-6-4-7-15-45)57(54(64)70)24-28-60-29-25-57/h4-23,33,40,48,51,53,60-61,68,73H,24-32,34-39H2,1-3H3/t40-,48-,51+,53-,59+/m0/s1. The number of rotatable bonds is 10. The fourth-order valence-electron chi connectivity index (χ4n) is 14.2. The maximum atomic E-state index is 15.9. The number of fused-ring (bicyclic) bond motifs is 3. The van der Waals surface area contributed by atoms with Crippen LogP contribution in [0.3, 0.4) is 0 Å². The van der Waals surface area contributed by atoms with Gasteiger partial charge in [0.2, 0.25) is 5.91 Å². The van der Waals surface area contributed by atoms with Crippen molar-refractivity contribution < 1.29 is 33.8 Å². The molecule has 7 aliphatic heterocycles. The van der Waals surface area contributed by atoms with Crippen LogP contribution < -0.4 is 35.1 Å². The third kappa shape index (κ3) is 8.01. The lowest BCUT2D eigenvalue weighted by Gasteiger charge is -2.39. The molecular formula is C59H68N8O7Si. The molecule has 5 saturated heterocycles. The summed E-state index contributed by atoms with van der Waals surface area (Å²) in [6.45, 7) is 9.66. The van der Waals surface area contributed by atoms with Gasteiger partial charge in [-0.25, -0.2) is 0 Å². The monoisotopic (exact) mass is 1030 g/mol. The Kier molecular flexibility index (Phi) is 12.5. The first kappa shape index (κ1) is 49.5. The van der Waals surface area contributed by atoms with Gasteiger partial charge >= 0.3 is 0 Å². The first-order valence-corrected chi connectivity index (χ1v) is 29.9. The number of aliphatic hydroxyl groups excluding tert-OH is 1. The number of carbonyl (C=O) groups is 4. The van der Waals surface area contributed by atoms with Gasteiger partial charge in [0.05, 0.1) is 50.7 Å². The number of nitrogens with one attached hydrogen (secondary N) is 2. The fourth-order valence-corrected chi connectivity index (χ4v) is 16.8. The summed E-state index contributed by atoms with van der Waals surface area (Å²) < 4.78 is 7.31. The molecule has 0 unspecified atom stereocenters. The number of ether oxygens (including phenoxy) is 1. The first-order chi connectivity index (χ1) is 36.3. The molecule has 5 atom stereocenters. The SMILES string of the molecule is C[C@H]1[C@H]([Si](C)(C)O)[C@@H](CC(=O)N2Cc3ccccc3C[C@H]2CO)O[C@]12C(=O)N(Cc1ccc(N3CN(c4ccccc4)C4(CCNCC4)C3=O)cc1)c1ccc(N3CN(c4ccccc4)C4(CCNCC4)C3=O)cc12. The van der Waals surface area contributed by atoms with Crippen LogP contribution in [0.15, 0.2) is 127 Å². The highest BCUT2D eigenvalue weighted by Crippen LogP contribution is 2.61. The Morgan fingerprint density at radius 1 is 0.680 bits per heavy atom. The van der Waals surface area contributed by atoms with E-state index in [2.05, 4.69) is 44.7 Å². The predicted molar refractivity (Wildman–Crippen MR) is 292 cm³/mol. The van der Waals surface area contributed by atoms with E-state index in [-0.39, 0.29) is 43.2 Å². The molecule has 5 fully saturated rings. The Hall–Kier alpha value is -6.40. The molecule has 16 heteroatoms. The minimum absolute atomic E-state index is 0.00440. The molecule has 3 spiro atoms. The highest BCUT2D eigenvalue weighted by atomic mass is 28.4. The molecule has 0 saturated carbocycles. The highest BCUT2D eigenvalue weighted by molar-refractivity contribution is 6.71. The van der Waals surface area contributed by atoms with Crippen molar-refractivity contribution in [2.24, 2.45) is 5.92 Å². The van der Waals surface area contributed by atoms with Crippen molar-refractivity contribution in [1.29, 1.82) is 0 Å². The van der Waals surface area contributed by atoms with Gasteiger partial charge in [0, 0.05) is 46.3 Å². The maximum Gasteiger partial charge on any atom is 0.264 e. The van der Waals surface area contributed by atoms with E-state index in [1.165, 1.54) is 0 Å². The van der Waals surface area contributed by atoms with E-state index in [9.17, 15) is 19.5 Å². The molecule has 0 bridgehead atoms. The van der Waals surface area contributed by atoms with Crippen molar-refractivity contribution in [2.45, 2.75) is 106 Å². The normalized spacial score (nSPS) is 26.1. The Labute approximate surface area is 440 Å². The van der Waals surface area contributed by atoms with Crippen molar-refractivity contribution in [1.82, 2.24) is 15.5 Å². The first-order valence-electron chi connectivity index (χ1n) is 26.9. The average Bonchev–Trinajstić information content (AvgIpc) is 4.07. The van der Waals surface area contributed by atoms with E-state index in [4.69, 9.17) is 4.74 Å². The van der Waals surface area contributed by atoms with Gasteiger partial charge in [-0.3, -0.25) is 29.0 Å². The molecule has 4 N–H and O–H groups in total. The van der Waals surface area contributed by atoms with E-state index in [0.29, 0.717) is 82.0 Å². The second kappa shape index (κ2) is 19.0. The Morgan fingerprint density at radius 3 is 1.77 bits per heavy atom. The molecular weight excluding hydrogens is 961 g/mol. The summed E-state index contributed by atoms with van der Waals surface area (Å²) >= 11 is 0. The van der Waals surface area contributed by atoms with Gasteiger partial charge in [-0.05, 0) is 143 Å². The van der Waals surface area contributed by atoms with Gasteiger partial charge in [-0.2, -0.15) is 0 Å². The second-order valence-electron chi connectivity index (χ2n) is 22.5. The van der Waals surface area contributed by atoms with Gasteiger partial charge in [-0.1, -0.05) is 79.7 Å². The van der Waals surface area contributed by atoms with E-state index in [1.807, 2.05) is 133 Å². The van der Waals surface area contributed by atoms with Crippen LogP contribution in [0.1, 0.15) is 61.3 Å². The lowest BCUT2D eigenvalue weighted by Crippen LogP contribution is -2.55. The highest BCUT2D eigenvalue weighted by Gasteiger charge is 2.67. The predicted octanol–water partition coefficient (Wildman–Crippen LogP) is 6.23. The molecule has 390 valence electrons. The molecule has 7 heterocycles. The summed E-state index contributed by atoms with van der Waals surface area (Å²) in [5.74, 6) is -0.987. The fraction of sp³-hybridized carbons (Fsp3) is 0.424. The van der Waals surface area contributed by atoms with Gasteiger partial charge in [0.1, 0.15) is 11.1 Å². The van der Waals surface area contributed by atoms with Gasteiger partial charge < -0.3 is 44.9 Å². The number of aliphatic hydroxyl groups is 1. The van der Waals surface area contributed by atoms with E-state index in [1.54, 1.807) is 9.80 Å². The van der Waals surface area contributed by atoms with Crippen molar-refractivity contribution in [3.63, 3.8) is 0 Å². The number of carbonyl (C=O) groups excluding carboxylic acids is 4. The topological polar surface area (TPSA) is 161 Å². The smallest absolute Gasteiger partial charge is 0.264 e. The van der Waals surface area contributed by atoms with Crippen LogP contribution in [0.2, 0.25) is 18.6 Å². The number of piperidine rings is 2. The van der Waals surface area contributed by atoms with Crippen molar-refractivity contribution >= 4 is 60.4 Å². The zero-order valence-corrected chi connectivity index (χ0v) is 44.2. The molecule has 0 aromatic heterocycles. The van der Waals surface area contributed by atoms with Crippen LogP contribution in [0, 0.1) is 5.92 Å². The number of benzene rings is 5. The van der Waals surface area contributed by atoms with Gasteiger partial charge in [0.25, 0.3) is 17.7 Å². The minimum atomic E-state index is -3.21. The molecule has 0 aliphatic carbocycles. The number of hydrogen-bond acceptors (Lipinski definition) is 11. The van der Waals surface area contributed by atoms with E-state index >= 15 is 9.59 Å². The average molecular weight is 1030 g/mol. The van der Waals surface area contributed by atoms with Crippen LogP contribution >= 0.6 is 0 Å². The molecule has 5 aromatic rings. The number of amides is 4. The Morgan fingerprint density at radius 2 is 1.21 bits per heavy atom. The number of para-hydroxylation sites is 2. The van der Waals surface area contributed by atoms with Crippen molar-refractivity contribution in [3.8, 4) is 0 Å². The Bertz CT molecular complexity index is 3000. The summed E-state index contributed by atoms with van der Waals surface area (Å²) in [4.78, 5) is 84.3. The number of anilines is 5. The zero-order chi connectivity index (χ0) is 51.9. The number of hydrogen-bond donors (Lipinski definition) is 4. The summed E-state index contributed by atoms with van der Waals surface area (Å²) in [6, 6.07) is 41.5. The zero-order valence-electron chi connectivity index (χ0n) is 43.2. The largest absolute Gasteiger partial charge is 0.432 e. The molecule has 15 nitrogen and oxygen atoms in total. The van der Waals surface area contributed by atoms with Crippen LogP contribution in [-0.4, -0.2) is 116 Å². The minimum Gasteiger partial charge on any atom is -0.432 e. The van der Waals surface area contributed by atoms with Crippen molar-refractivity contribution in [2.75, 3.05) is 70.6 Å². The lowest BCUT2D eigenvalue weighted by atomic mass is 9.82. The third-order valence-electron chi connectivity index (χ3n) is 18.0. The summed E-state index contributed by atoms with van der Waals surface area (Å²) in [7, 11) is -3.21. The van der Waals surface area contributed by atoms with E-state index in [0.717, 1.165) is 46.8 Å². The maximum absolute atomic E-state index is 15.9. The summed E-state index contributed by atoms with van der Waals surface area (Å²) in [6.07, 6.45) is 2.29. The molecule has 12 rings (SSSR count).